The molecule has 0 aliphatic carbocycles. The summed E-state index contributed by atoms with van der Waals surface area (Å²) in [6, 6.07) is 31.3. The molecule has 6 rings (SSSR count). The van der Waals surface area contributed by atoms with Gasteiger partial charge >= 0.3 is 6.09 Å². The van der Waals surface area contributed by atoms with Crippen LogP contribution < -0.4 is 9.47 Å². The van der Waals surface area contributed by atoms with Crippen molar-refractivity contribution in [1.82, 2.24) is 14.9 Å². The Balaban J connectivity index is 1.29. The van der Waals surface area contributed by atoms with Gasteiger partial charge < -0.3 is 29.0 Å². The van der Waals surface area contributed by atoms with Crippen LogP contribution in [0, 0.1) is 0 Å². The molecule has 1 N–H and O–H groups in total. The zero-order chi connectivity index (χ0) is 33.7. The summed E-state index contributed by atoms with van der Waals surface area (Å²) in [5.41, 5.74) is 3.14. The normalized spacial score (nSPS) is 18.0. The van der Waals surface area contributed by atoms with Crippen LogP contribution in [-0.2, 0) is 28.3 Å². The minimum Gasteiger partial charge on any atom is -0.473 e. The monoisotopic (exact) mass is 647 g/mol. The maximum Gasteiger partial charge on any atom is 0.410 e. The van der Waals surface area contributed by atoms with Crippen molar-refractivity contribution in [3.05, 3.63) is 120 Å². The zero-order valence-corrected chi connectivity index (χ0v) is 27.8. The molecule has 0 saturated carbocycles. The molecular weight excluding hydrogens is 606 g/mol. The van der Waals surface area contributed by atoms with E-state index in [2.05, 4.69) is 0 Å². The Hall–Kier alpha value is -4.99. The van der Waals surface area contributed by atoms with Gasteiger partial charge in [0, 0.05) is 48.9 Å². The molecular formula is C39H41N3O6. The first kappa shape index (κ1) is 32.9. The number of aromatic nitrogens is 2. The summed E-state index contributed by atoms with van der Waals surface area (Å²) in [6.07, 6.45) is 1.01. The fourth-order valence-electron chi connectivity index (χ4n) is 5.84. The minimum absolute atomic E-state index is 0.199. The highest BCUT2D eigenvalue weighted by Crippen LogP contribution is 2.38. The van der Waals surface area contributed by atoms with Gasteiger partial charge in [0.05, 0.1) is 12.1 Å². The molecule has 2 aromatic heterocycles. The van der Waals surface area contributed by atoms with E-state index in [4.69, 9.17) is 28.9 Å². The van der Waals surface area contributed by atoms with Crippen molar-refractivity contribution in [1.29, 1.82) is 0 Å². The molecule has 1 aliphatic rings. The van der Waals surface area contributed by atoms with E-state index in [0.717, 1.165) is 33.2 Å². The Kier molecular flexibility index (Phi) is 9.61. The number of methoxy groups -OCH3 is 1. The maximum absolute atomic E-state index is 12.8. The van der Waals surface area contributed by atoms with Crippen LogP contribution in [0.1, 0.15) is 43.9 Å². The second kappa shape index (κ2) is 14.0. The standard InChI is InChI=1S/C39H41N3O6/c1-38(2,3)48-37(43)42-20-19-39(44,34(24-42)45-4)31-15-17-33-29(22-31)21-30(23-40-33)32-16-18-35(46-25-27-11-7-5-8-12-27)41-36(32)47-26-28-13-9-6-10-14-28/h5-18,21-23,34,44H,19-20,24-26H2,1-4H3. The van der Waals surface area contributed by atoms with Crippen LogP contribution in [0.4, 0.5) is 4.79 Å². The summed E-state index contributed by atoms with van der Waals surface area (Å²) >= 11 is 0. The third kappa shape index (κ3) is 7.59. The van der Waals surface area contributed by atoms with Crippen molar-refractivity contribution in [3.63, 3.8) is 0 Å². The number of ether oxygens (including phenoxy) is 4. The van der Waals surface area contributed by atoms with Gasteiger partial charge in [-0.3, -0.25) is 4.98 Å². The molecule has 2 atom stereocenters. The van der Waals surface area contributed by atoms with Gasteiger partial charge in [0.15, 0.2) is 0 Å². The first-order chi connectivity index (χ1) is 23.1. The number of carbonyl (C=O) groups excluding carboxylic acids is 1. The number of pyridine rings is 2. The predicted octanol–water partition coefficient (Wildman–Crippen LogP) is 7.30. The van der Waals surface area contributed by atoms with Crippen LogP contribution >= 0.6 is 0 Å². The number of aliphatic hydroxyl groups is 1. The molecule has 3 aromatic carbocycles. The minimum atomic E-state index is -1.32. The lowest BCUT2D eigenvalue weighted by atomic mass is 9.81. The zero-order valence-electron chi connectivity index (χ0n) is 27.8. The molecule has 1 aliphatic heterocycles. The Morgan fingerprint density at radius 2 is 1.60 bits per heavy atom. The molecule has 0 spiro atoms. The Morgan fingerprint density at radius 3 is 2.27 bits per heavy atom. The van der Waals surface area contributed by atoms with Gasteiger partial charge in [-0.05, 0) is 61.7 Å². The van der Waals surface area contributed by atoms with Gasteiger partial charge in [0.2, 0.25) is 11.8 Å². The average molecular weight is 648 g/mol. The van der Waals surface area contributed by atoms with E-state index >= 15 is 0 Å². The molecule has 1 fully saturated rings. The second-order valence-corrected chi connectivity index (χ2v) is 13.0. The quantitative estimate of drug-likeness (QED) is 0.178. The van der Waals surface area contributed by atoms with Gasteiger partial charge in [-0.1, -0.05) is 66.7 Å². The number of rotatable bonds is 9. The summed E-state index contributed by atoms with van der Waals surface area (Å²) in [5.74, 6) is 0.876. The number of hydrogen-bond donors (Lipinski definition) is 1. The summed E-state index contributed by atoms with van der Waals surface area (Å²) in [4.78, 5) is 23.9. The number of piperidine rings is 1. The number of nitrogens with zero attached hydrogens (tertiary/aromatic N) is 3. The highest BCUT2D eigenvalue weighted by molar-refractivity contribution is 5.85. The first-order valence-corrected chi connectivity index (χ1v) is 16.1. The summed E-state index contributed by atoms with van der Waals surface area (Å²) in [5, 5.41) is 12.8. The van der Waals surface area contributed by atoms with E-state index in [-0.39, 0.29) is 13.0 Å². The van der Waals surface area contributed by atoms with Crippen LogP contribution in [0.3, 0.4) is 0 Å². The molecule has 1 amide bonds. The fraction of sp³-hybridized carbons (Fsp3) is 0.308. The molecule has 0 bridgehead atoms. The second-order valence-electron chi connectivity index (χ2n) is 13.0. The van der Waals surface area contributed by atoms with Crippen molar-refractivity contribution in [3.8, 4) is 22.9 Å². The fourth-order valence-corrected chi connectivity index (χ4v) is 5.84. The number of carbonyl (C=O) groups is 1. The van der Waals surface area contributed by atoms with Gasteiger partial charge in [0.25, 0.3) is 0 Å². The average Bonchev–Trinajstić information content (AvgIpc) is 3.09. The Bertz CT molecular complexity index is 1860. The van der Waals surface area contributed by atoms with E-state index in [9.17, 15) is 9.90 Å². The van der Waals surface area contributed by atoms with Crippen LogP contribution in [0.15, 0.2) is 103 Å². The highest BCUT2D eigenvalue weighted by atomic mass is 16.6. The molecule has 2 unspecified atom stereocenters. The molecule has 1 saturated heterocycles. The Labute approximate surface area is 281 Å². The van der Waals surface area contributed by atoms with Crippen molar-refractivity contribution < 1.29 is 28.8 Å². The van der Waals surface area contributed by atoms with Crippen LogP contribution in [-0.4, -0.2) is 58.0 Å². The molecule has 0 radical (unpaired) electrons. The topological polar surface area (TPSA) is 103 Å². The van der Waals surface area contributed by atoms with Crippen molar-refractivity contribution in [2.45, 2.75) is 57.7 Å². The molecule has 48 heavy (non-hydrogen) atoms. The SMILES string of the molecule is COC1CN(C(=O)OC(C)(C)C)CCC1(O)c1ccc2ncc(-c3ccc(OCc4ccccc4)nc3OCc3ccccc3)cc2c1. The van der Waals surface area contributed by atoms with Crippen LogP contribution in [0.5, 0.6) is 11.8 Å². The first-order valence-electron chi connectivity index (χ1n) is 16.1. The smallest absolute Gasteiger partial charge is 0.410 e. The summed E-state index contributed by atoms with van der Waals surface area (Å²) in [6.45, 7) is 6.74. The number of amides is 1. The van der Waals surface area contributed by atoms with E-state index < -0.39 is 23.4 Å². The Morgan fingerprint density at radius 1 is 0.917 bits per heavy atom. The largest absolute Gasteiger partial charge is 0.473 e. The van der Waals surface area contributed by atoms with Crippen molar-refractivity contribution >= 4 is 17.0 Å². The van der Waals surface area contributed by atoms with Gasteiger partial charge in [-0.25, -0.2) is 4.79 Å². The van der Waals surface area contributed by atoms with Gasteiger partial charge in [-0.15, -0.1) is 0 Å². The maximum atomic E-state index is 12.8. The summed E-state index contributed by atoms with van der Waals surface area (Å²) in [7, 11) is 1.55. The lowest BCUT2D eigenvalue weighted by Gasteiger charge is -2.44. The van der Waals surface area contributed by atoms with E-state index in [0.29, 0.717) is 37.1 Å². The number of benzene rings is 3. The van der Waals surface area contributed by atoms with Crippen LogP contribution in [0.25, 0.3) is 22.0 Å². The van der Waals surface area contributed by atoms with Crippen molar-refractivity contribution in [2.75, 3.05) is 20.2 Å². The van der Waals surface area contributed by atoms with Crippen LogP contribution in [0.2, 0.25) is 0 Å². The summed E-state index contributed by atoms with van der Waals surface area (Å²) < 4.78 is 23.6. The van der Waals surface area contributed by atoms with E-state index in [1.807, 2.05) is 118 Å². The lowest BCUT2D eigenvalue weighted by molar-refractivity contribution is -0.137. The molecule has 9 heteroatoms. The number of hydrogen-bond acceptors (Lipinski definition) is 8. The van der Waals surface area contributed by atoms with Gasteiger partial charge in [0.1, 0.15) is 30.5 Å². The van der Waals surface area contributed by atoms with E-state index in [1.165, 1.54) is 0 Å². The lowest BCUT2D eigenvalue weighted by Crippen LogP contribution is -2.56. The number of fused-ring (bicyclic) bond motifs is 1. The molecule has 5 aromatic rings. The molecule has 9 nitrogen and oxygen atoms in total. The molecule has 248 valence electrons. The van der Waals surface area contributed by atoms with Crippen molar-refractivity contribution in [2.24, 2.45) is 0 Å². The third-order valence-corrected chi connectivity index (χ3v) is 8.39. The number of likely N-dealkylation sites (tertiary alicyclic amines) is 1. The van der Waals surface area contributed by atoms with Gasteiger partial charge in [-0.2, -0.15) is 4.98 Å². The predicted molar refractivity (Wildman–Crippen MR) is 184 cm³/mol. The third-order valence-electron chi connectivity index (χ3n) is 8.39. The highest BCUT2D eigenvalue weighted by Gasteiger charge is 2.45. The van der Waals surface area contributed by atoms with E-state index in [1.54, 1.807) is 18.2 Å². The molecule has 3 heterocycles.